The Labute approximate surface area is 133 Å². The number of hydrogen-bond donors (Lipinski definition) is 2. The molecule has 0 bridgehead atoms. The minimum atomic E-state index is -3.23. The summed E-state index contributed by atoms with van der Waals surface area (Å²) in [5.74, 6) is 0.570. The number of aliphatic hydroxyl groups is 1. The number of sulfone groups is 1. The molecular formula is C17H27NO3S. The van der Waals surface area contributed by atoms with E-state index in [1.54, 1.807) is 18.2 Å². The van der Waals surface area contributed by atoms with Crippen LogP contribution in [0.4, 0.5) is 0 Å². The highest BCUT2D eigenvalue weighted by molar-refractivity contribution is 7.91. The molecule has 5 heteroatoms. The lowest BCUT2D eigenvalue weighted by molar-refractivity contribution is 0.268. The Morgan fingerprint density at radius 3 is 2.64 bits per heavy atom. The zero-order valence-corrected chi connectivity index (χ0v) is 14.1. The molecule has 2 N–H and O–H groups in total. The predicted octanol–water partition coefficient (Wildman–Crippen LogP) is 2.68. The van der Waals surface area contributed by atoms with E-state index in [4.69, 9.17) is 5.11 Å². The normalized spacial score (nSPS) is 18.3. The summed E-state index contributed by atoms with van der Waals surface area (Å²) in [5, 5.41) is 12.2. The van der Waals surface area contributed by atoms with E-state index in [1.807, 2.05) is 13.1 Å². The lowest BCUT2D eigenvalue weighted by atomic mass is 9.91. The summed E-state index contributed by atoms with van der Waals surface area (Å²) < 4.78 is 25.3. The molecule has 1 aliphatic rings. The molecule has 124 valence electrons. The van der Waals surface area contributed by atoms with Crippen LogP contribution < -0.4 is 5.32 Å². The van der Waals surface area contributed by atoms with Crippen LogP contribution in [-0.4, -0.2) is 32.9 Å². The van der Waals surface area contributed by atoms with Crippen LogP contribution in [0.25, 0.3) is 0 Å². The zero-order chi connectivity index (χ0) is 16.0. The van der Waals surface area contributed by atoms with Crippen LogP contribution in [0.5, 0.6) is 0 Å². The van der Waals surface area contributed by atoms with Gasteiger partial charge in [-0.05, 0) is 49.9 Å². The van der Waals surface area contributed by atoms with Gasteiger partial charge in [-0.2, -0.15) is 0 Å². The van der Waals surface area contributed by atoms with Crippen molar-refractivity contribution in [2.75, 3.05) is 19.4 Å². The molecule has 0 aliphatic heterocycles. The molecular weight excluding hydrogens is 298 g/mol. The second-order valence-corrected chi connectivity index (χ2v) is 8.25. The fourth-order valence-electron chi connectivity index (χ4n) is 3.29. The monoisotopic (exact) mass is 325 g/mol. The summed E-state index contributed by atoms with van der Waals surface area (Å²) in [6.45, 7) is 0.0740. The van der Waals surface area contributed by atoms with E-state index in [1.165, 1.54) is 6.42 Å². The first-order valence-corrected chi connectivity index (χ1v) is 9.83. The fraction of sp³-hybridized carbons (Fsp3) is 0.647. The van der Waals surface area contributed by atoms with Crippen molar-refractivity contribution in [3.05, 3.63) is 29.8 Å². The molecule has 4 nitrogen and oxygen atoms in total. The Morgan fingerprint density at radius 1 is 1.27 bits per heavy atom. The molecule has 0 saturated heterocycles. The van der Waals surface area contributed by atoms with E-state index in [9.17, 15) is 8.42 Å². The van der Waals surface area contributed by atoms with E-state index >= 15 is 0 Å². The Hall–Kier alpha value is -0.910. The lowest BCUT2D eigenvalue weighted by Crippen LogP contribution is -2.20. The van der Waals surface area contributed by atoms with Gasteiger partial charge in [-0.15, -0.1) is 0 Å². The number of aliphatic hydroxyl groups excluding tert-OH is 1. The third-order valence-corrected chi connectivity index (χ3v) is 6.45. The minimum Gasteiger partial charge on any atom is -0.396 e. The molecule has 1 saturated carbocycles. The number of rotatable bonds is 7. The van der Waals surface area contributed by atoms with E-state index in [0.29, 0.717) is 17.2 Å². The van der Waals surface area contributed by atoms with Gasteiger partial charge < -0.3 is 10.4 Å². The second kappa shape index (κ2) is 8.09. The largest absolute Gasteiger partial charge is 0.396 e. The summed E-state index contributed by atoms with van der Waals surface area (Å²) in [6, 6.07) is 7.14. The molecule has 1 unspecified atom stereocenters. The zero-order valence-electron chi connectivity index (χ0n) is 13.3. The molecule has 1 aromatic rings. The van der Waals surface area contributed by atoms with Crippen LogP contribution in [0.1, 0.15) is 50.1 Å². The Kier molecular flexibility index (Phi) is 6.41. The van der Waals surface area contributed by atoms with E-state index in [-0.39, 0.29) is 18.4 Å². The van der Waals surface area contributed by atoms with Crippen LogP contribution in [0.3, 0.4) is 0 Å². The number of benzene rings is 1. The van der Waals surface area contributed by atoms with Gasteiger partial charge in [0, 0.05) is 12.6 Å². The van der Waals surface area contributed by atoms with Crippen LogP contribution in [0.15, 0.2) is 29.2 Å². The van der Waals surface area contributed by atoms with Crippen molar-refractivity contribution in [3.63, 3.8) is 0 Å². The third-order valence-electron chi connectivity index (χ3n) is 4.57. The molecule has 22 heavy (non-hydrogen) atoms. The first kappa shape index (κ1) is 17.4. The summed E-state index contributed by atoms with van der Waals surface area (Å²) in [4.78, 5) is 0.411. The van der Waals surface area contributed by atoms with E-state index in [2.05, 4.69) is 5.32 Å². The van der Waals surface area contributed by atoms with Crippen LogP contribution in [0, 0.1) is 5.92 Å². The predicted molar refractivity (Wildman–Crippen MR) is 88.6 cm³/mol. The molecule has 1 aliphatic carbocycles. The van der Waals surface area contributed by atoms with Gasteiger partial charge in [0.25, 0.3) is 0 Å². The molecule has 1 fully saturated rings. The standard InChI is InChI=1S/C17H27NO3S/c1-18-17(10-11-19)15-8-5-9-16(12-15)22(20,21)13-14-6-3-2-4-7-14/h5,8-9,12,14,17-19H,2-4,6-7,10-11,13H2,1H3. The maximum absolute atomic E-state index is 12.7. The Morgan fingerprint density at radius 2 is 2.00 bits per heavy atom. The Bertz CT molecular complexity index is 565. The molecule has 2 rings (SSSR count). The highest BCUT2D eigenvalue weighted by Crippen LogP contribution is 2.28. The van der Waals surface area contributed by atoms with Crippen LogP contribution >= 0.6 is 0 Å². The van der Waals surface area contributed by atoms with Crippen molar-refractivity contribution in [2.24, 2.45) is 5.92 Å². The van der Waals surface area contributed by atoms with E-state index < -0.39 is 9.84 Å². The number of nitrogens with one attached hydrogen (secondary N) is 1. The SMILES string of the molecule is CNC(CCO)c1cccc(S(=O)(=O)CC2CCCCC2)c1. The molecule has 0 radical (unpaired) electrons. The third kappa shape index (κ3) is 4.54. The molecule has 0 aromatic heterocycles. The van der Waals surface area contributed by atoms with Gasteiger partial charge in [-0.25, -0.2) is 8.42 Å². The topological polar surface area (TPSA) is 66.4 Å². The molecule has 0 spiro atoms. The smallest absolute Gasteiger partial charge is 0.178 e. The van der Waals surface area contributed by atoms with Crippen LogP contribution in [-0.2, 0) is 9.84 Å². The van der Waals surface area contributed by atoms with Gasteiger partial charge in [0.15, 0.2) is 9.84 Å². The second-order valence-electron chi connectivity index (χ2n) is 6.21. The molecule has 1 aromatic carbocycles. The fourth-order valence-corrected chi connectivity index (χ4v) is 5.04. The molecule has 0 amide bonds. The van der Waals surface area contributed by atoms with Gasteiger partial charge in [-0.1, -0.05) is 31.4 Å². The summed E-state index contributed by atoms with van der Waals surface area (Å²) >= 11 is 0. The average molecular weight is 325 g/mol. The minimum absolute atomic E-state index is 0.0187. The Balaban J connectivity index is 2.16. The van der Waals surface area contributed by atoms with Crippen molar-refractivity contribution < 1.29 is 13.5 Å². The first-order valence-electron chi connectivity index (χ1n) is 8.17. The summed E-state index contributed by atoms with van der Waals surface area (Å²) in [7, 11) is -1.41. The van der Waals surface area contributed by atoms with Gasteiger partial charge >= 0.3 is 0 Å². The van der Waals surface area contributed by atoms with Gasteiger partial charge in [0.2, 0.25) is 0 Å². The first-order chi connectivity index (χ1) is 10.6. The maximum atomic E-state index is 12.7. The van der Waals surface area contributed by atoms with E-state index in [0.717, 1.165) is 31.2 Å². The van der Waals surface area contributed by atoms with Crippen molar-refractivity contribution in [2.45, 2.75) is 49.5 Å². The summed E-state index contributed by atoms with van der Waals surface area (Å²) in [5.41, 5.74) is 0.918. The summed E-state index contributed by atoms with van der Waals surface area (Å²) in [6.07, 6.45) is 6.17. The molecule has 0 heterocycles. The van der Waals surface area contributed by atoms with Gasteiger partial charge in [-0.3, -0.25) is 0 Å². The van der Waals surface area contributed by atoms with Gasteiger partial charge in [0.05, 0.1) is 10.6 Å². The lowest BCUT2D eigenvalue weighted by Gasteiger charge is -2.22. The quantitative estimate of drug-likeness (QED) is 0.809. The van der Waals surface area contributed by atoms with Crippen molar-refractivity contribution in [3.8, 4) is 0 Å². The highest BCUT2D eigenvalue weighted by atomic mass is 32.2. The van der Waals surface area contributed by atoms with Crippen molar-refractivity contribution in [1.82, 2.24) is 5.32 Å². The van der Waals surface area contributed by atoms with Crippen LogP contribution in [0.2, 0.25) is 0 Å². The van der Waals surface area contributed by atoms with Crippen molar-refractivity contribution >= 4 is 9.84 Å². The average Bonchev–Trinajstić information content (AvgIpc) is 2.53. The number of hydrogen-bond acceptors (Lipinski definition) is 4. The maximum Gasteiger partial charge on any atom is 0.178 e. The van der Waals surface area contributed by atoms with Crippen molar-refractivity contribution in [1.29, 1.82) is 0 Å². The highest BCUT2D eigenvalue weighted by Gasteiger charge is 2.23. The van der Waals surface area contributed by atoms with Gasteiger partial charge in [0.1, 0.15) is 0 Å². The molecule has 1 atom stereocenters.